The van der Waals surface area contributed by atoms with E-state index in [0.29, 0.717) is 35.1 Å². The Morgan fingerprint density at radius 2 is 1.18 bits per heavy atom. The number of nitrogens with zero attached hydrogens (tertiary/aromatic N) is 9. The number of hydrogen-bond donors (Lipinski definition) is 3. The molecule has 0 radical (unpaired) electrons. The van der Waals surface area contributed by atoms with Crippen molar-refractivity contribution in [2.45, 2.75) is 37.5 Å². The standard InChI is InChI=1S/C16H12F4N6O2.C8H6BrF4N.C8H7N5O2/c1-15(17,16(18,19)20)10-2-3-12(23-7-10)25-8-9(6-24-25)11-4-5-22-14(21)13(11)26(27)28;1-7(10,8(11,12)13)5-2-3-6(9)14-4-5;9-8-7(13(14)15)6(1-2-10-8)5-3-11-12-4-5/h2-8H,1H3,(H2,21,22);2-4H,1H3;1-4H,(H2,9,10)(H,11,12). The summed E-state index contributed by atoms with van der Waals surface area (Å²) in [6, 6.07) is 7.32. The molecule has 6 aromatic heterocycles. The number of halogens is 9. The topological polar surface area (TPSA) is 236 Å². The molecule has 0 spiro atoms. The van der Waals surface area contributed by atoms with E-state index in [2.05, 4.69) is 51.2 Å². The van der Waals surface area contributed by atoms with E-state index in [0.717, 1.165) is 30.6 Å². The van der Waals surface area contributed by atoms with Gasteiger partial charge in [0, 0.05) is 59.4 Å². The van der Waals surface area contributed by atoms with Crippen molar-refractivity contribution in [3.63, 3.8) is 0 Å². The largest absolute Gasteiger partial charge is 0.426 e. The van der Waals surface area contributed by atoms with Crippen LogP contribution in [0.1, 0.15) is 25.0 Å². The van der Waals surface area contributed by atoms with Gasteiger partial charge < -0.3 is 11.5 Å². The van der Waals surface area contributed by atoms with Gasteiger partial charge in [0.2, 0.25) is 23.0 Å². The third kappa shape index (κ3) is 9.60. The zero-order valence-electron chi connectivity index (χ0n) is 28.8. The van der Waals surface area contributed by atoms with Crippen molar-refractivity contribution in [3.05, 3.63) is 122 Å². The number of aromatic nitrogens is 8. The maximum Gasteiger partial charge on any atom is 0.426 e. The molecule has 57 heavy (non-hydrogen) atoms. The van der Waals surface area contributed by atoms with Crippen molar-refractivity contribution < 1.29 is 45.0 Å². The zero-order chi connectivity index (χ0) is 42.5. The molecule has 0 amide bonds. The maximum absolute atomic E-state index is 14.0. The molecule has 2 unspecified atom stereocenters. The molecule has 0 aliphatic carbocycles. The van der Waals surface area contributed by atoms with Gasteiger partial charge in [-0.1, -0.05) is 12.1 Å². The van der Waals surface area contributed by atoms with Gasteiger partial charge >= 0.3 is 23.7 Å². The summed E-state index contributed by atoms with van der Waals surface area (Å²) in [7, 11) is 0. The lowest BCUT2D eigenvalue weighted by molar-refractivity contribution is -0.383. The van der Waals surface area contributed by atoms with Crippen molar-refractivity contribution in [2.24, 2.45) is 0 Å². The fourth-order valence-corrected chi connectivity index (χ4v) is 4.79. The van der Waals surface area contributed by atoms with E-state index in [9.17, 15) is 55.4 Å². The number of anilines is 2. The van der Waals surface area contributed by atoms with E-state index in [4.69, 9.17) is 11.5 Å². The first-order valence-electron chi connectivity index (χ1n) is 15.4. The number of hydrogen-bond acceptors (Lipinski definition) is 12. The number of nitrogens with one attached hydrogen (secondary N) is 1. The zero-order valence-corrected chi connectivity index (χ0v) is 30.4. The Morgan fingerprint density at radius 1 is 0.684 bits per heavy atom. The lowest BCUT2D eigenvalue weighted by Crippen LogP contribution is -2.35. The highest BCUT2D eigenvalue weighted by atomic mass is 79.9. The van der Waals surface area contributed by atoms with Crippen LogP contribution in [0.2, 0.25) is 0 Å². The number of pyridine rings is 4. The SMILES string of the molecule is CC(F)(c1ccc(-n2cc(-c3ccnc(N)c3[N+](=O)[O-])cn2)nc1)C(F)(F)F.CC(F)(c1ccc(Br)nc1)C(F)(F)F.Nc1nccc(-c2cn[nH]c2)c1[N+](=O)[O-]. The molecule has 2 atom stereocenters. The third-order valence-electron chi connectivity index (χ3n) is 7.83. The fraction of sp³-hybridized carbons (Fsp3) is 0.188. The molecule has 6 heterocycles. The van der Waals surface area contributed by atoms with Gasteiger partial charge in [-0.25, -0.2) is 33.4 Å². The predicted molar refractivity (Wildman–Crippen MR) is 190 cm³/mol. The van der Waals surface area contributed by atoms with Crippen LogP contribution in [0.4, 0.5) is 58.1 Å². The second-order valence-corrected chi connectivity index (χ2v) is 12.4. The Morgan fingerprint density at radius 3 is 1.58 bits per heavy atom. The Kier molecular flexibility index (Phi) is 12.5. The van der Waals surface area contributed by atoms with Gasteiger partial charge in [0.05, 0.1) is 33.4 Å². The Labute approximate surface area is 322 Å². The predicted octanol–water partition coefficient (Wildman–Crippen LogP) is 8.12. The van der Waals surface area contributed by atoms with Crippen LogP contribution in [-0.2, 0) is 11.3 Å². The third-order valence-corrected chi connectivity index (χ3v) is 8.30. The lowest BCUT2D eigenvalue weighted by atomic mass is 9.99. The van der Waals surface area contributed by atoms with Crippen LogP contribution in [0.15, 0.2) is 90.6 Å². The number of nitrogens with two attached hydrogens (primary N) is 2. The van der Waals surface area contributed by atoms with Crippen molar-refractivity contribution in [1.82, 2.24) is 39.9 Å². The number of rotatable bonds is 7. The van der Waals surface area contributed by atoms with Crippen LogP contribution in [0, 0.1) is 20.2 Å². The fourth-order valence-electron chi connectivity index (χ4n) is 4.56. The maximum atomic E-state index is 14.0. The number of nitrogen functional groups attached to an aromatic ring is 2. The molecule has 0 saturated carbocycles. The van der Waals surface area contributed by atoms with Gasteiger partial charge in [0.25, 0.3) is 0 Å². The quantitative estimate of drug-likeness (QED) is 0.0597. The van der Waals surface area contributed by atoms with Crippen LogP contribution < -0.4 is 11.5 Å². The van der Waals surface area contributed by atoms with Gasteiger partial charge in [-0.2, -0.15) is 36.5 Å². The van der Waals surface area contributed by atoms with Crippen LogP contribution in [0.3, 0.4) is 0 Å². The summed E-state index contributed by atoms with van der Waals surface area (Å²) in [6.45, 7) is 0.876. The van der Waals surface area contributed by atoms with Gasteiger partial charge in [-0.15, -0.1) is 0 Å². The van der Waals surface area contributed by atoms with Crippen LogP contribution in [0.25, 0.3) is 28.1 Å². The molecule has 0 fully saturated rings. The molecule has 0 aromatic carbocycles. The summed E-state index contributed by atoms with van der Waals surface area (Å²) in [5, 5.41) is 32.3. The van der Waals surface area contributed by atoms with E-state index in [1.807, 2.05) is 0 Å². The summed E-state index contributed by atoms with van der Waals surface area (Å²) in [5.41, 5.74) is 3.81. The van der Waals surface area contributed by atoms with Crippen LogP contribution in [0.5, 0.6) is 0 Å². The minimum absolute atomic E-state index is 0.0951. The van der Waals surface area contributed by atoms with E-state index in [-0.39, 0.29) is 28.7 Å². The average molecular weight is 874 g/mol. The molecule has 6 aromatic rings. The molecule has 0 aliphatic heterocycles. The van der Waals surface area contributed by atoms with Crippen molar-refractivity contribution >= 4 is 38.9 Å². The van der Waals surface area contributed by atoms with E-state index in [1.165, 1.54) is 53.9 Å². The normalized spacial score (nSPS) is 13.5. The van der Waals surface area contributed by atoms with Crippen molar-refractivity contribution in [3.8, 4) is 28.1 Å². The Hall–Kier alpha value is -6.66. The first-order valence-corrected chi connectivity index (χ1v) is 16.2. The molecule has 16 nitrogen and oxygen atoms in total. The average Bonchev–Trinajstić information content (AvgIpc) is 3.85. The lowest BCUT2D eigenvalue weighted by Gasteiger charge is -2.23. The molecular weight excluding hydrogens is 848 g/mol. The summed E-state index contributed by atoms with van der Waals surface area (Å²) >= 11 is 2.95. The summed E-state index contributed by atoms with van der Waals surface area (Å²) < 4.78 is 104. The first kappa shape index (κ1) is 43.1. The molecule has 0 saturated heterocycles. The summed E-state index contributed by atoms with van der Waals surface area (Å²) in [5.74, 6) is -0.275. The highest BCUT2D eigenvalue weighted by molar-refractivity contribution is 9.10. The summed E-state index contributed by atoms with van der Waals surface area (Å²) in [4.78, 5) is 35.5. The minimum atomic E-state index is -5.09. The van der Waals surface area contributed by atoms with E-state index >= 15 is 0 Å². The second-order valence-electron chi connectivity index (χ2n) is 11.6. The van der Waals surface area contributed by atoms with Crippen molar-refractivity contribution in [2.75, 3.05) is 11.5 Å². The molecule has 5 N–H and O–H groups in total. The van der Waals surface area contributed by atoms with Crippen LogP contribution in [-0.4, -0.2) is 62.1 Å². The number of aromatic amines is 1. The van der Waals surface area contributed by atoms with Crippen molar-refractivity contribution in [1.29, 1.82) is 0 Å². The highest BCUT2D eigenvalue weighted by Crippen LogP contribution is 2.43. The highest BCUT2D eigenvalue weighted by Gasteiger charge is 2.54. The molecular formula is C32H25BrF8N12O4. The molecule has 0 aliphatic rings. The van der Waals surface area contributed by atoms with Gasteiger partial charge in [0.15, 0.2) is 5.82 Å². The van der Waals surface area contributed by atoms with Gasteiger partial charge in [-0.3, -0.25) is 25.3 Å². The van der Waals surface area contributed by atoms with Gasteiger partial charge in [-0.05, 0) is 54.0 Å². The second kappa shape index (κ2) is 16.6. The number of nitro groups is 2. The Bertz CT molecular complexity index is 2340. The first-order chi connectivity index (χ1) is 26.5. The van der Waals surface area contributed by atoms with E-state index in [1.54, 1.807) is 6.20 Å². The summed E-state index contributed by atoms with van der Waals surface area (Å²) in [6.07, 6.45) is 0.0381. The van der Waals surface area contributed by atoms with Gasteiger partial charge in [0.1, 0.15) is 4.60 Å². The smallest absolute Gasteiger partial charge is 0.378 e. The molecule has 0 bridgehead atoms. The monoisotopic (exact) mass is 872 g/mol. The Balaban J connectivity index is 0.000000209. The molecule has 6 rings (SSSR count). The number of alkyl halides is 8. The molecule has 300 valence electrons. The number of H-pyrrole nitrogens is 1. The molecule has 25 heteroatoms. The van der Waals surface area contributed by atoms with Crippen LogP contribution >= 0.6 is 15.9 Å². The van der Waals surface area contributed by atoms with E-state index < -0.39 is 50.4 Å². The minimum Gasteiger partial charge on any atom is -0.378 e.